The van der Waals surface area contributed by atoms with Gasteiger partial charge in [0.2, 0.25) is 0 Å². The Morgan fingerprint density at radius 3 is 2.50 bits per heavy atom. The van der Waals surface area contributed by atoms with E-state index in [-0.39, 0.29) is 0 Å². The molecule has 1 aromatic carbocycles. The first-order valence-electron chi connectivity index (χ1n) is 9.79. The molecule has 0 radical (unpaired) electrons. The van der Waals surface area contributed by atoms with Crippen molar-refractivity contribution in [3.63, 3.8) is 0 Å². The Balaban J connectivity index is 1.49. The molecule has 0 spiro atoms. The standard InChI is InChI=1S/C20H31N3O/c21-17-10-6-7-11-18(17)22-19-12-16-13-24-14-20(19)23(16)15-8-4-2-1-3-5-9-15/h6-7,10-11,15-16,19-20,22H,1-5,8-9,12-14,21H2/t16-,19?,20?/m1/s1. The van der Waals surface area contributed by atoms with Crippen LogP contribution in [0, 0.1) is 0 Å². The first kappa shape index (κ1) is 16.2. The van der Waals surface area contributed by atoms with Crippen molar-refractivity contribution in [1.82, 2.24) is 4.90 Å². The van der Waals surface area contributed by atoms with Crippen LogP contribution in [0.4, 0.5) is 11.4 Å². The van der Waals surface area contributed by atoms with Gasteiger partial charge in [-0.05, 0) is 31.4 Å². The van der Waals surface area contributed by atoms with Gasteiger partial charge in [-0.1, -0.05) is 44.2 Å². The summed E-state index contributed by atoms with van der Waals surface area (Å²) in [4.78, 5) is 2.83. The maximum atomic E-state index is 6.14. The van der Waals surface area contributed by atoms with E-state index in [2.05, 4.69) is 22.3 Å². The van der Waals surface area contributed by atoms with Crippen molar-refractivity contribution >= 4 is 11.4 Å². The second kappa shape index (κ2) is 7.32. The number of rotatable bonds is 3. The number of benzene rings is 1. The van der Waals surface area contributed by atoms with Gasteiger partial charge in [0.15, 0.2) is 0 Å². The van der Waals surface area contributed by atoms with Gasteiger partial charge in [-0.15, -0.1) is 0 Å². The van der Waals surface area contributed by atoms with Crippen LogP contribution in [0.15, 0.2) is 24.3 Å². The molecule has 4 rings (SSSR count). The Bertz CT molecular complexity index is 541. The van der Waals surface area contributed by atoms with Gasteiger partial charge in [0.25, 0.3) is 0 Å². The van der Waals surface area contributed by atoms with Crippen LogP contribution in [-0.4, -0.2) is 42.3 Å². The van der Waals surface area contributed by atoms with Gasteiger partial charge in [-0.25, -0.2) is 0 Å². The van der Waals surface area contributed by atoms with Crippen molar-refractivity contribution in [2.75, 3.05) is 24.3 Å². The molecule has 1 aliphatic carbocycles. The van der Waals surface area contributed by atoms with Crippen molar-refractivity contribution in [3.05, 3.63) is 24.3 Å². The van der Waals surface area contributed by atoms with Crippen LogP contribution in [0.1, 0.15) is 51.4 Å². The number of nitrogens with one attached hydrogen (secondary N) is 1. The van der Waals surface area contributed by atoms with Gasteiger partial charge in [0.05, 0.1) is 30.6 Å². The SMILES string of the molecule is Nc1ccccc1NC1C[C@@H]2COCC1N2C1CCCCCCC1. The van der Waals surface area contributed by atoms with E-state index in [4.69, 9.17) is 10.5 Å². The first-order valence-corrected chi connectivity index (χ1v) is 9.79. The minimum absolute atomic E-state index is 0.452. The normalized spacial score (nSPS) is 32.2. The molecule has 132 valence electrons. The maximum Gasteiger partial charge on any atom is 0.0642 e. The highest BCUT2D eigenvalue weighted by molar-refractivity contribution is 5.66. The average Bonchev–Trinajstić information content (AvgIpc) is 2.75. The number of hydrogen-bond acceptors (Lipinski definition) is 4. The van der Waals surface area contributed by atoms with Crippen LogP contribution in [0.2, 0.25) is 0 Å². The van der Waals surface area contributed by atoms with Gasteiger partial charge in [0.1, 0.15) is 0 Å². The highest BCUT2D eigenvalue weighted by Gasteiger charge is 2.47. The van der Waals surface area contributed by atoms with Crippen molar-refractivity contribution in [3.8, 4) is 0 Å². The summed E-state index contributed by atoms with van der Waals surface area (Å²) in [5.74, 6) is 0. The monoisotopic (exact) mass is 329 g/mol. The highest BCUT2D eigenvalue weighted by Crippen LogP contribution is 2.37. The lowest BCUT2D eigenvalue weighted by molar-refractivity contribution is -0.0421. The number of fused-ring (bicyclic) bond motifs is 2. The van der Waals surface area contributed by atoms with Crippen LogP contribution < -0.4 is 11.1 Å². The summed E-state index contributed by atoms with van der Waals surface area (Å²) in [6, 6.07) is 10.4. The summed E-state index contributed by atoms with van der Waals surface area (Å²) in [5, 5.41) is 3.73. The third-order valence-electron chi connectivity index (χ3n) is 6.19. The van der Waals surface area contributed by atoms with Gasteiger partial charge < -0.3 is 15.8 Å². The smallest absolute Gasteiger partial charge is 0.0642 e. The van der Waals surface area contributed by atoms with E-state index in [1.165, 1.54) is 51.4 Å². The van der Waals surface area contributed by atoms with Crippen LogP contribution >= 0.6 is 0 Å². The average molecular weight is 329 g/mol. The lowest BCUT2D eigenvalue weighted by Gasteiger charge is -2.42. The Hall–Kier alpha value is -1.26. The number of hydrogen-bond donors (Lipinski definition) is 2. The quantitative estimate of drug-likeness (QED) is 0.831. The summed E-state index contributed by atoms with van der Waals surface area (Å²) in [6.07, 6.45) is 11.0. The molecule has 2 bridgehead atoms. The van der Waals surface area contributed by atoms with Crippen LogP contribution in [0.3, 0.4) is 0 Å². The number of para-hydroxylation sites is 2. The van der Waals surface area contributed by atoms with E-state index in [0.29, 0.717) is 18.1 Å². The number of morpholine rings is 1. The Labute approximate surface area is 145 Å². The van der Waals surface area contributed by atoms with E-state index in [0.717, 1.165) is 30.6 Å². The van der Waals surface area contributed by atoms with Gasteiger partial charge in [-0.2, -0.15) is 0 Å². The molecule has 0 amide bonds. The molecule has 0 aromatic heterocycles. The summed E-state index contributed by atoms with van der Waals surface area (Å²) >= 11 is 0. The fourth-order valence-electron chi connectivity index (χ4n) is 5.02. The highest BCUT2D eigenvalue weighted by atomic mass is 16.5. The molecule has 1 saturated carbocycles. The zero-order valence-electron chi connectivity index (χ0n) is 14.6. The molecule has 4 nitrogen and oxygen atoms in total. The molecule has 3 fully saturated rings. The van der Waals surface area contributed by atoms with E-state index in [1.807, 2.05) is 12.1 Å². The lowest BCUT2D eigenvalue weighted by atomic mass is 9.94. The second-order valence-electron chi connectivity index (χ2n) is 7.78. The summed E-state index contributed by atoms with van der Waals surface area (Å²) in [6.45, 7) is 1.76. The van der Waals surface area contributed by atoms with Gasteiger partial charge in [-0.3, -0.25) is 4.90 Å². The molecule has 2 saturated heterocycles. The van der Waals surface area contributed by atoms with Crippen molar-refractivity contribution in [2.45, 2.75) is 75.5 Å². The third kappa shape index (κ3) is 3.27. The number of nitrogens with two attached hydrogens (primary N) is 1. The minimum atomic E-state index is 0.452. The van der Waals surface area contributed by atoms with Crippen molar-refractivity contribution < 1.29 is 4.74 Å². The van der Waals surface area contributed by atoms with Crippen molar-refractivity contribution in [2.24, 2.45) is 0 Å². The zero-order chi connectivity index (χ0) is 16.4. The number of anilines is 2. The Morgan fingerprint density at radius 1 is 0.958 bits per heavy atom. The third-order valence-corrected chi connectivity index (χ3v) is 6.19. The largest absolute Gasteiger partial charge is 0.397 e. The number of nitrogens with zero attached hydrogens (tertiary/aromatic N) is 1. The molecule has 3 N–H and O–H groups in total. The van der Waals surface area contributed by atoms with E-state index in [1.54, 1.807) is 0 Å². The molecule has 24 heavy (non-hydrogen) atoms. The summed E-state index contributed by atoms with van der Waals surface area (Å²) < 4.78 is 5.92. The van der Waals surface area contributed by atoms with Gasteiger partial charge in [0, 0.05) is 18.1 Å². The molecule has 2 unspecified atom stereocenters. The second-order valence-corrected chi connectivity index (χ2v) is 7.78. The van der Waals surface area contributed by atoms with E-state index >= 15 is 0 Å². The summed E-state index contributed by atoms with van der Waals surface area (Å²) in [7, 11) is 0. The topological polar surface area (TPSA) is 50.5 Å². The fourth-order valence-corrected chi connectivity index (χ4v) is 5.02. The Kier molecular flexibility index (Phi) is 4.95. The zero-order valence-corrected chi connectivity index (χ0v) is 14.6. The predicted molar refractivity (Wildman–Crippen MR) is 99.2 cm³/mol. The molecule has 4 heteroatoms. The first-order chi connectivity index (χ1) is 11.8. The van der Waals surface area contributed by atoms with Crippen LogP contribution in [-0.2, 0) is 4.74 Å². The molecule has 3 atom stereocenters. The molecule has 1 aromatic rings. The fraction of sp³-hybridized carbons (Fsp3) is 0.700. The van der Waals surface area contributed by atoms with Gasteiger partial charge >= 0.3 is 0 Å². The van der Waals surface area contributed by atoms with E-state index in [9.17, 15) is 0 Å². The molecular formula is C20H31N3O. The number of ether oxygens (including phenoxy) is 1. The van der Waals surface area contributed by atoms with Crippen molar-refractivity contribution in [1.29, 1.82) is 0 Å². The maximum absolute atomic E-state index is 6.14. The summed E-state index contributed by atoms with van der Waals surface area (Å²) in [5.41, 5.74) is 8.07. The lowest BCUT2D eigenvalue weighted by Crippen LogP contribution is -2.53. The Morgan fingerprint density at radius 2 is 1.71 bits per heavy atom. The molecule has 2 heterocycles. The predicted octanol–water partition coefficient (Wildman–Crippen LogP) is 3.64. The van der Waals surface area contributed by atoms with Crippen LogP contribution in [0.5, 0.6) is 0 Å². The van der Waals surface area contributed by atoms with Crippen LogP contribution in [0.25, 0.3) is 0 Å². The molecular weight excluding hydrogens is 298 g/mol. The number of nitrogen functional groups attached to an aromatic ring is 1. The molecule has 2 aliphatic heterocycles. The molecule has 3 aliphatic rings. The van der Waals surface area contributed by atoms with E-state index < -0.39 is 0 Å². The minimum Gasteiger partial charge on any atom is -0.397 e.